The fourth-order valence-corrected chi connectivity index (χ4v) is 1.85. The van der Waals surface area contributed by atoms with Crippen LogP contribution in [0.2, 0.25) is 5.15 Å². The van der Waals surface area contributed by atoms with Crippen LogP contribution in [0.1, 0.15) is 42.7 Å². The number of nitrogens with zero attached hydrogens (tertiary/aromatic N) is 2. The van der Waals surface area contributed by atoms with Crippen molar-refractivity contribution >= 4 is 17.5 Å². The summed E-state index contributed by atoms with van der Waals surface area (Å²) < 4.78 is 0. The summed E-state index contributed by atoms with van der Waals surface area (Å²) in [5, 5.41) is 0.360. The summed E-state index contributed by atoms with van der Waals surface area (Å²) in [7, 11) is 0. The first-order chi connectivity index (χ1) is 8.49. The van der Waals surface area contributed by atoms with Crippen LogP contribution in [0.15, 0.2) is 24.8 Å². The molecule has 0 aliphatic carbocycles. The molecule has 0 saturated heterocycles. The van der Waals surface area contributed by atoms with E-state index in [9.17, 15) is 4.79 Å². The summed E-state index contributed by atoms with van der Waals surface area (Å²) in [5.74, 6) is 0.202. The maximum Gasteiger partial charge on any atom is 0.254 e. The number of carbonyl (C=O) groups excluding carboxylic acids is 1. The van der Waals surface area contributed by atoms with Crippen molar-refractivity contribution in [3.05, 3.63) is 41.2 Å². The number of halogens is 1. The van der Waals surface area contributed by atoms with Gasteiger partial charge in [0.15, 0.2) is 0 Å². The summed E-state index contributed by atoms with van der Waals surface area (Å²) >= 11 is 5.96. The van der Waals surface area contributed by atoms with Crippen molar-refractivity contribution in [2.45, 2.75) is 26.7 Å². The molecule has 1 heterocycles. The van der Waals surface area contributed by atoms with E-state index in [4.69, 9.17) is 11.6 Å². The average Bonchev–Trinajstić information content (AvgIpc) is 2.34. The van der Waals surface area contributed by atoms with Gasteiger partial charge in [0.2, 0.25) is 0 Å². The normalized spacial score (nSPS) is 10.5. The third kappa shape index (κ3) is 3.57. The van der Waals surface area contributed by atoms with Gasteiger partial charge in [0, 0.05) is 24.3 Å². The lowest BCUT2D eigenvalue weighted by Gasteiger charge is -2.19. The van der Waals surface area contributed by atoms with E-state index in [1.54, 1.807) is 17.0 Å². The predicted molar refractivity (Wildman–Crippen MR) is 75.1 cm³/mol. The number of hydrogen-bond acceptors (Lipinski definition) is 2. The summed E-state index contributed by atoms with van der Waals surface area (Å²) in [6.45, 7) is 10.8. The van der Waals surface area contributed by atoms with E-state index < -0.39 is 0 Å². The standard InChI is InChI=1S/C14H19ClN2O/c1-5-7-17(6-2)14(18)11-8-12(10(3)4)16-13(15)9-11/h5,8-10H,1,6-7H2,2-4H3. The van der Waals surface area contributed by atoms with Crippen LogP contribution in [-0.2, 0) is 0 Å². The molecule has 0 aromatic carbocycles. The van der Waals surface area contributed by atoms with Crippen molar-refractivity contribution in [2.24, 2.45) is 0 Å². The molecule has 0 aliphatic rings. The van der Waals surface area contributed by atoms with Gasteiger partial charge in [0.05, 0.1) is 0 Å². The van der Waals surface area contributed by atoms with Crippen LogP contribution in [-0.4, -0.2) is 28.9 Å². The predicted octanol–water partition coefficient (Wildman–Crippen LogP) is 3.51. The molecule has 0 atom stereocenters. The Morgan fingerprint density at radius 3 is 2.72 bits per heavy atom. The van der Waals surface area contributed by atoms with Crippen molar-refractivity contribution < 1.29 is 4.79 Å². The third-order valence-corrected chi connectivity index (χ3v) is 2.86. The van der Waals surface area contributed by atoms with E-state index in [-0.39, 0.29) is 11.8 Å². The Kier molecular flexibility index (Phi) is 5.35. The first-order valence-electron chi connectivity index (χ1n) is 6.07. The first kappa shape index (κ1) is 14.7. The molecule has 0 bridgehead atoms. The van der Waals surface area contributed by atoms with Crippen molar-refractivity contribution in [2.75, 3.05) is 13.1 Å². The van der Waals surface area contributed by atoms with Gasteiger partial charge in [-0.3, -0.25) is 4.79 Å². The number of carbonyl (C=O) groups is 1. The van der Waals surface area contributed by atoms with Crippen LogP contribution >= 0.6 is 11.6 Å². The van der Waals surface area contributed by atoms with Gasteiger partial charge >= 0.3 is 0 Å². The van der Waals surface area contributed by atoms with Gasteiger partial charge in [0.1, 0.15) is 5.15 Å². The zero-order valence-corrected chi connectivity index (χ0v) is 11.9. The molecule has 0 spiro atoms. The molecule has 1 rings (SSSR count). The Bertz CT molecular complexity index is 443. The fourth-order valence-electron chi connectivity index (χ4n) is 1.63. The molecule has 0 N–H and O–H groups in total. The molecule has 0 fully saturated rings. The Hall–Kier alpha value is -1.35. The first-order valence-corrected chi connectivity index (χ1v) is 6.45. The van der Waals surface area contributed by atoms with E-state index in [0.29, 0.717) is 23.8 Å². The van der Waals surface area contributed by atoms with E-state index in [1.165, 1.54) is 0 Å². The lowest BCUT2D eigenvalue weighted by atomic mass is 10.1. The van der Waals surface area contributed by atoms with E-state index in [0.717, 1.165) is 5.69 Å². The smallest absolute Gasteiger partial charge is 0.254 e. The maximum atomic E-state index is 12.3. The highest BCUT2D eigenvalue weighted by Gasteiger charge is 2.15. The van der Waals surface area contributed by atoms with E-state index >= 15 is 0 Å². The van der Waals surface area contributed by atoms with Crippen molar-refractivity contribution in [3.8, 4) is 0 Å². The largest absolute Gasteiger partial charge is 0.335 e. The molecule has 3 nitrogen and oxygen atoms in total. The van der Waals surface area contributed by atoms with Gasteiger partial charge in [-0.2, -0.15) is 0 Å². The van der Waals surface area contributed by atoms with E-state index in [1.807, 2.05) is 26.8 Å². The lowest BCUT2D eigenvalue weighted by molar-refractivity contribution is 0.0782. The molecule has 18 heavy (non-hydrogen) atoms. The number of likely N-dealkylation sites (N-methyl/N-ethyl adjacent to an activating group) is 1. The summed E-state index contributed by atoms with van der Waals surface area (Å²) in [6, 6.07) is 3.42. The Labute approximate surface area is 113 Å². The third-order valence-electron chi connectivity index (χ3n) is 2.67. The topological polar surface area (TPSA) is 33.2 Å². The van der Waals surface area contributed by atoms with Crippen LogP contribution in [0.3, 0.4) is 0 Å². The second-order valence-electron chi connectivity index (χ2n) is 4.39. The van der Waals surface area contributed by atoms with Gasteiger partial charge in [-0.25, -0.2) is 4.98 Å². The Morgan fingerprint density at radius 1 is 1.56 bits per heavy atom. The molecular weight excluding hydrogens is 248 g/mol. The second kappa shape index (κ2) is 6.55. The molecule has 4 heteroatoms. The number of rotatable bonds is 5. The fraction of sp³-hybridized carbons (Fsp3) is 0.429. The number of hydrogen-bond donors (Lipinski definition) is 0. The molecule has 1 amide bonds. The molecule has 1 aromatic heterocycles. The molecule has 0 unspecified atom stereocenters. The van der Waals surface area contributed by atoms with Gasteiger partial charge < -0.3 is 4.90 Å². The maximum absolute atomic E-state index is 12.3. The summed E-state index contributed by atoms with van der Waals surface area (Å²) in [5.41, 5.74) is 1.42. The molecule has 1 aromatic rings. The number of pyridine rings is 1. The highest BCUT2D eigenvalue weighted by molar-refractivity contribution is 6.29. The molecular formula is C14H19ClN2O. The van der Waals surface area contributed by atoms with Crippen LogP contribution in [0.4, 0.5) is 0 Å². The van der Waals surface area contributed by atoms with Crippen LogP contribution in [0.25, 0.3) is 0 Å². The van der Waals surface area contributed by atoms with Crippen LogP contribution in [0.5, 0.6) is 0 Å². The minimum absolute atomic E-state index is 0.0383. The van der Waals surface area contributed by atoms with Crippen LogP contribution in [0, 0.1) is 0 Å². The summed E-state index contributed by atoms with van der Waals surface area (Å²) in [6.07, 6.45) is 1.72. The molecule has 98 valence electrons. The minimum atomic E-state index is -0.0383. The van der Waals surface area contributed by atoms with Gasteiger partial charge in [-0.15, -0.1) is 6.58 Å². The van der Waals surface area contributed by atoms with Crippen LogP contribution < -0.4 is 0 Å². The zero-order valence-electron chi connectivity index (χ0n) is 11.1. The molecule has 0 aliphatic heterocycles. The molecule has 0 saturated carbocycles. The number of amides is 1. The summed E-state index contributed by atoms with van der Waals surface area (Å²) in [4.78, 5) is 18.2. The van der Waals surface area contributed by atoms with E-state index in [2.05, 4.69) is 11.6 Å². The number of aromatic nitrogens is 1. The Balaban J connectivity index is 3.08. The lowest BCUT2D eigenvalue weighted by Crippen LogP contribution is -2.31. The molecule has 0 radical (unpaired) electrons. The zero-order chi connectivity index (χ0) is 13.7. The van der Waals surface area contributed by atoms with Gasteiger partial charge in [0.25, 0.3) is 5.91 Å². The monoisotopic (exact) mass is 266 g/mol. The Morgan fingerprint density at radius 2 is 2.22 bits per heavy atom. The highest BCUT2D eigenvalue weighted by atomic mass is 35.5. The van der Waals surface area contributed by atoms with Crippen molar-refractivity contribution in [1.29, 1.82) is 0 Å². The van der Waals surface area contributed by atoms with Crippen molar-refractivity contribution in [1.82, 2.24) is 9.88 Å². The van der Waals surface area contributed by atoms with Gasteiger partial charge in [-0.1, -0.05) is 31.5 Å². The van der Waals surface area contributed by atoms with Gasteiger partial charge in [-0.05, 0) is 25.0 Å². The average molecular weight is 267 g/mol. The van der Waals surface area contributed by atoms with Crippen molar-refractivity contribution in [3.63, 3.8) is 0 Å². The second-order valence-corrected chi connectivity index (χ2v) is 4.78. The highest BCUT2D eigenvalue weighted by Crippen LogP contribution is 2.18. The minimum Gasteiger partial charge on any atom is -0.335 e. The quantitative estimate of drug-likeness (QED) is 0.604. The SMILES string of the molecule is C=CCN(CC)C(=O)c1cc(Cl)nc(C(C)C)c1.